The molecule has 9 nitrogen and oxygen atoms in total. The van der Waals surface area contributed by atoms with Gasteiger partial charge in [0.15, 0.2) is 0 Å². The Kier molecular flexibility index (Phi) is 7.39. The molecule has 1 aliphatic rings. The summed E-state index contributed by atoms with van der Waals surface area (Å²) in [6.45, 7) is -0.155. The number of hydrogen-bond acceptors (Lipinski definition) is 7. The molecule has 0 bridgehead atoms. The molecule has 0 saturated carbocycles. The highest BCUT2D eigenvalue weighted by atomic mass is 16.5. The van der Waals surface area contributed by atoms with Gasteiger partial charge in [-0.25, -0.2) is 4.79 Å². The van der Waals surface area contributed by atoms with Crippen LogP contribution in [0.25, 0.3) is 11.1 Å². The number of hydrogen-bond donors (Lipinski definition) is 5. The van der Waals surface area contributed by atoms with Crippen LogP contribution in [-0.2, 0) is 9.53 Å². The SMILES string of the molecule is O=C(C=NO)Nc1ccccc1C(O)C(O)CNC(=O)OCC1c2ccccc2-c2ccccc21. The Morgan fingerprint density at radius 1 is 0.943 bits per heavy atom. The van der Waals surface area contributed by atoms with E-state index in [1.54, 1.807) is 12.1 Å². The van der Waals surface area contributed by atoms with Gasteiger partial charge in [0, 0.05) is 23.7 Å². The number of rotatable bonds is 8. The summed E-state index contributed by atoms with van der Waals surface area (Å²) < 4.78 is 5.44. The quantitative estimate of drug-likeness (QED) is 0.193. The summed E-state index contributed by atoms with van der Waals surface area (Å²) in [7, 11) is 0. The Hall–Kier alpha value is -4.21. The van der Waals surface area contributed by atoms with Crippen LogP contribution >= 0.6 is 0 Å². The molecule has 0 heterocycles. The van der Waals surface area contributed by atoms with Crippen molar-refractivity contribution in [3.8, 4) is 11.1 Å². The van der Waals surface area contributed by atoms with Crippen LogP contribution in [0.5, 0.6) is 0 Å². The van der Waals surface area contributed by atoms with Crippen LogP contribution in [0.15, 0.2) is 78.0 Å². The van der Waals surface area contributed by atoms with E-state index < -0.39 is 24.2 Å². The number of benzene rings is 3. The van der Waals surface area contributed by atoms with Crippen molar-refractivity contribution < 1.29 is 29.7 Å². The fraction of sp³-hybridized carbons (Fsp3) is 0.192. The fourth-order valence-electron chi connectivity index (χ4n) is 4.24. The molecule has 3 aromatic rings. The molecule has 4 rings (SSSR count). The molecule has 0 fully saturated rings. The number of nitrogens with zero attached hydrogens (tertiary/aromatic N) is 1. The van der Waals surface area contributed by atoms with Crippen LogP contribution in [0.1, 0.15) is 28.7 Å². The predicted molar refractivity (Wildman–Crippen MR) is 129 cm³/mol. The molecule has 0 radical (unpaired) electrons. The van der Waals surface area contributed by atoms with Gasteiger partial charge in [-0.3, -0.25) is 4.79 Å². The van der Waals surface area contributed by atoms with Gasteiger partial charge in [-0.1, -0.05) is 71.9 Å². The third kappa shape index (κ3) is 5.32. The molecule has 2 amide bonds. The molecule has 2 unspecified atom stereocenters. The molecular formula is C26H25N3O6. The minimum Gasteiger partial charge on any atom is -0.449 e. The summed E-state index contributed by atoms with van der Waals surface area (Å²) in [6, 6.07) is 22.3. The second kappa shape index (κ2) is 10.8. The molecule has 5 N–H and O–H groups in total. The molecule has 0 aromatic heterocycles. The van der Waals surface area contributed by atoms with Gasteiger partial charge in [0.05, 0.1) is 0 Å². The summed E-state index contributed by atoms with van der Waals surface area (Å²) in [5.74, 6) is -0.806. The molecule has 2 atom stereocenters. The lowest BCUT2D eigenvalue weighted by molar-refractivity contribution is -0.110. The normalized spacial score (nSPS) is 14.1. The Labute approximate surface area is 201 Å². The van der Waals surface area contributed by atoms with Gasteiger partial charge in [-0.15, -0.1) is 0 Å². The molecule has 1 aliphatic carbocycles. The molecule has 0 spiro atoms. The van der Waals surface area contributed by atoms with Crippen LogP contribution in [0.4, 0.5) is 10.5 Å². The van der Waals surface area contributed by atoms with Crippen molar-refractivity contribution in [2.75, 3.05) is 18.5 Å². The standard InChI is InChI=1S/C26H25N3O6/c30-23(25(32)20-11-5-6-12-22(20)29-24(31)14-28-34)13-27-26(33)35-15-21-18-9-3-1-7-16(18)17-8-2-4-10-19(17)21/h1-12,14,21,23,25,30,32,34H,13,15H2,(H,27,33)(H,29,31). The van der Waals surface area contributed by atoms with Crippen LogP contribution in [0, 0.1) is 0 Å². The van der Waals surface area contributed by atoms with E-state index in [0.29, 0.717) is 6.21 Å². The first-order valence-electron chi connectivity index (χ1n) is 11.0. The van der Waals surface area contributed by atoms with Gasteiger partial charge in [-0.2, -0.15) is 0 Å². The summed E-state index contributed by atoms with van der Waals surface area (Å²) in [6.07, 6.45) is -2.84. The summed E-state index contributed by atoms with van der Waals surface area (Å²) >= 11 is 0. The topological polar surface area (TPSA) is 140 Å². The minimum atomic E-state index is -1.41. The van der Waals surface area contributed by atoms with Crippen molar-refractivity contribution in [1.82, 2.24) is 5.32 Å². The van der Waals surface area contributed by atoms with Crippen molar-refractivity contribution in [3.63, 3.8) is 0 Å². The molecule has 35 heavy (non-hydrogen) atoms. The molecule has 0 saturated heterocycles. The fourth-order valence-corrected chi connectivity index (χ4v) is 4.24. The number of nitrogens with one attached hydrogen (secondary N) is 2. The molecule has 0 aliphatic heterocycles. The summed E-state index contributed by atoms with van der Waals surface area (Å²) in [4.78, 5) is 24.0. The van der Waals surface area contributed by atoms with Crippen LogP contribution in [0.2, 0.25) is 0 Å². The maximum atomic E-state index is 12.4. The first-order chi connectivity index (χ1) is 17.0. The van der Waals surface area contributed by atoms with E-state index >= 15 is 0 Å². The number of carbonyl (C=O) groups excluding carboxylic acids is 2. The highest BCUT2D eigenvalue weighted by Crippen LogP contribution is 2.44. The van der Waals surface area contributed by atoms with E-state index in [0.717, 1.165) is 22.3 Å². The number of oxime groups is 1. The van der Waals surface area contributed by atoms with Crippen molar-refractivity contribution in [2.24, 2.45) is 5.16 Å². The molecular weight excluding hydrogens is 450 g/mol. The van der Waals surface area contributed by atoms with E-state index in [1.807, 2.05) is 48.5 Å². The zero-order valence-corrected chi connectivity index (χ0v) is 18.7. The number of para-hydroxylation sites is 1. The van der Waals surface area contributed by atoms with Gasteiger partial charge in [0.1, 0.15) is 25.0 Å². The van der Waals surface area contributed by atoms with Crippen molar-refractivity contribution in [1.29, 1.82) is 0 Å². The molecule has 9 heteroatoms. The van der Waals surface area contributed by atoms with Crippen LogP contribution in [-0.4, -0.2) is 52.9 Å². The lowest BCUT2D eigenvalue weighted by Crippen LogP contribution is -2.36. The van der Waals surface area contributed by atoms with Crippen molar-refractivity contribution in [3.05, 3.63) is 89.5 Å². The number of alkyl carbamates (subject to hydrolysis) is 1. The highest BCUT2D eigenvalue weighted by Gasteiger charge is 2.29. The average molecular weight is 476 g/mol. The number of anilines is 1. The monoisotopic (exact) mass is 475 g/mol. The van der Waals surface area contributed by atoms with E-state index in [1.165, 1.54) is 12.1 Å². The van der Waals surface area contributed by atoms with Crippen LogP contribution in [0.3, 0.4) is 0 Å². The van der Waals surface area contributed by atoms with Gasteiger partial charge >= 0.3 is 6.09 Å². The van der Waals surface area contributed by atoms with Crippen molar-refractivity contribution in [2.45, 2.75) is 18.1 Å². The second-order valence-corrected chi connectivity index (χ2v) is 8.04. The Bertz CT molecular complexity index is 1200. The third-order valence-corrected chi connectivity index (χ3v) is 5.88. The number of aliphatic hydroxyl groups excluding tert-OH is 2. The lowest BCUT2D eigenvalue weighted by Gasteiger charge is -2.21. The third-order valence-electron chi connectivity index (χ3n) is 5.88. The largest absolute Gasteiger partial charge is 0.449 e. The van der Waals surface area contributed by atoms with E-state index in [2.05, 4.69) is 15.8 Å². The Morgan fingerprint density at radius 3 is 2.20 bits per heavy atom. The zero-order valence-electron chi connectivity index (χ0n) is 18.7. The van der Waals surface area contributed by atoms with Gasteiger partial charge < -0.3 is 30.8 Å². The van der Waals surface area contributed by atoms with Crippen LogP contribution < -0.4 is 10.6 Å². The van der Waals surface area contributed by atoms with Crippen molar-refractivity contribution >= 4 is 23.9 Å². The lowest BCUT2D eigenvalue weighted by atomic mass is 9.98. The maximum Gasteiger partial charge on any atom is 0.407 e. The Morgan fingerprint density at radius 2 is 1.54 bits per heavy atom. The number of amides is 2. The first-order valence-corrected chi connectivity index (χ1v) is 11.0. The Balaban J connectivity index is 1.34. The average Bonchev–Trinajstić information content (AvgIpc) is 3.19. The van der Waals surface area contributed by atoms with E-state index in [-0.39, 0.29) is 30.3 Å². The predicted octanol–water partition coefficient (Wildman–Crippen LogP) is 3.02. The molecule has 180 valence electrons. The number of aliphatic hydroxyl groups is 2. The van der Waals surface area contributed by atoms with Gasteiger partial charge in [0.2, 0.25) is 0 Å². The smallest absolute Gasteiger partial charge is 0.407 e. The zero-order chi connectivity index (χ0) is 24.8. The summed E-state index contributed by atoms with van der Waals surface area (Å²) in [5, 5.41) is 37.0. The maximum absolute atomic E-state index is 12.4. The van der Waals surface area contributed by atoms with E-state index in [4.69, 9.17) is 9.94 Å². The number of fused-ring (bicyclic) bond motifs is 3. The highest BCUT2D eigenvalue weighted by molar-refractivity contribution is 6.31. The number of ether oxygens (including phenoxy) is 1. The van der Waals surface area contributed by atoms with Gasteiger partial charge in [0.25, 0.3) is 5.91 Å². The first kappa shape index (κ1) is 23.9. The molecule has 3 aromatic carbocycles. The minimum absolute atomic E-state index is 0.0957. The van der Waals surface area contributed by atoms with E-state index in [9.17, 15) is 19.8 Å². The summed E-state index contributed by atoms with van der Waals surface area (Å²) in [5.41, 5.74) is 4.86. The second-order valence-electron chi connectivity index (χ2n) is 8.04. The number of carbonyl (C=O) groups is 2. The van der Waals surface area contributed by atoms with Gasteiger partial charge in [-0.05, 0) is 28.3 Å².